The monoisotopic (exact) mass is 588 g/mol. The van der Waals surface area contributed by atoms with E-state index in [4.69, 9.17) is 26.0 Å². The first-order valence-corrected chi connectivity index (χ1v) is 15.3. The minimum absolute atomic E-state index is 0.600. The van der Waals surface area contributed by atoms with Crippen LogP contribution in [-0.4, -0.2) is 9.97 Å². The third-order valence-corrected chi connectivity index (χ3v) is 9.65. The van der Waals surface area contributed by atoms with Crippen molar-refractivity contribution in [1.82, 2.24) is 9.97 Å². The number of para-hydroxylation sites is 1. The molecule has 0 spiro atoms. The summed E-state index contributed by atoms with van der Waals surface area (Å²) in [5.74, 6) is 0.669. The molecule has 43 heavy (non-hydrogen) atoms. The summed E-state index contributed by atoms with van der Waals surface area (Å²) < 4.78 is 8.66. The molecule has 0 aliphatic heterocycles. The fourth-order valence-electron chi connectivity index (χ4n) is 6.17. The van der Waals surface area contributed by atoms with Gasteiger partial charge in [0.05, 0.1) is 20.9 Å². The van der Waals surface area contributed by atoms with Crippen molar-refractivity contribution in [3.63, 3.8) is 0 Å². The third kappa shape index (κ3) is 3.81. The lowest BCUT2D eigenvalue weighted by Gasteiger charge is -2.11. The van der Waals surface area contributed by atoms with E-state index in [1.165, 1.54) is 15.8 Å². The van der Waals surface area contributed by atoms with Gasteiger partial charge < -0.3 is 4.42 Å². The summed E-state index contributed by atoms with van der Waals surface area (Å²) in [6, 6.07) is 44.0. The summed E-state index contributed by atoms with van der Waals surface area (Å²) in [5, 5.41) is 5.95. The number of rotatable bonds is 3. The molecule has 0 N–H and O–H groups in total. The topological polar surface area (TPSA) is 38.9 Å². The largest absolute Gasteiger partial charge is 0.454 e. The highest BCUT2D eigenvalue weighted by Gasteiger charge is 2.21. The van der Waals surface area contributed by atoms with Gasteiger partial charge in [0.2, 0.25) is 0 Å². The summed E-state index contributed by atoms with van der Waals surface area (Å²) in [6.45, 7) is 0. The molecule has 0 saturated carbocycles. The zero-order chi connectivity index (χ0) is 28.5. The maximum absolute atomic E-state index is 6.57. The molecule has 0 bridgehead atoms. The van der Waals surface area contributed by atoms with Gasteiger partial charge in [-0.05, 0) is 40.1 Å². The van der Waals surface area contributed by atoms with Gasteiger partial charge in [-0.15, -0.1) is 11.3 Å². The molecule has 3 nitrogen and oxygen atoms in total. The van der Waals surface area contributed by atoms with Crippen LogP contribution in [0.15, 0.2) is 132 Å². The van der Waals surface area contributed by atoms with Gasteiger partial charge in [0.15, 0.2) is 11.4 Å². The Balaban J connectivity index is 1.34. The minimum atomic E-state index is 0.600. The molecule has 3 heterocycles. The fraction of sp³-hybridized carbons (Fsp3) is 0. The third-order valence-electron chi connectivity index (χ3n) is 8.18. The Bertz CT molecular complexity index is 2510. The van der Waals surface area contributed by atoms with Crippen LogP contribution >= 0.6 is 22.9 Å². The highest BCUT2D eigenvalue weighted by Crippen LogP contribution is 2.43. The summed E-state index contributed by atoms with van der Waals surface area (Å²) >= 11 is 8.31. The van der Waals surface area contributed by atoms with Gasteiger partial charge >= 0.3 is 0 Å². The first kappa shape index (κ1) is 24.6. The van der Waals surface area contributed by atoms with Crippen LogP contribution in [0.25, 0.3) is 86.8 Å². The van der Waals surface area contributed by atoms with Crippen LogP contribution in [0.2, 0.25) is 5.02 Å². The molecule has 202 valence electrons. The van der Waals surface area contributed by atoms with E-state index in [1.807, 2.05) is 18.2 Å². The van der Waals surface area contributed by atoms with Crippen LogP contribution in [0.1, 0.15) is 0 Å². The average molecular weight is 589 g/mol. The lowest BCUT2D eigenvalue weighted by atomic mass is 9.98. The van der Waals surface area contributed by atoms with Gasteiger partial charge in [-0.3, -0.25) is 0 Å². The molecule has 0 unspecified atom stereocenters. The molecule has 0 aliphatic rings. The molecule has 9 aromatic rings. The number of aromatic nitrogens is 2. The second-order valence-electron chi connectivity index (χ2n) is 10.7. The fourth-order valence-corrected chi connectivity index (χ4v) is 7.54. The lowest BCUT2D eigenvalue weighted by molar-refractivity contribution is 0.669. The molecule has 6 aromatic carbocycles. The van der Waals surface area contributed by atoms with Crippen molar-refractivity contribution in [2.75, 3.05) is 0 Å². The highest BCUT2D eigenvalue weighted by atomic mass is 35.5. The standard InChI is InChI=1S/C38H21ClN2OS/c39-30-15-8-14-28-33-26-12-5-4-11-25(26)29(21-31(33)42-36(28)30)38-40-34(37-35(41-38)27-13-6-7-16-32(27)43-37)24-19-17-23(18-20-24)22-9-2-1-3-10-22/h1-21H. The average Bonchev–Trinajstić information content (AvgIpc) is 3.64. The number of thiophene rings is 1. The molecule has 0 amide bonds. The van der Waals surface area contributed by atoms with Crippen molar-refractivity contribution in [1.29, 1.82) is 0 Å². The van der Waals surface area contributed by atoms with E-state index >= 15 is 0 Å². The summed E-state index contributed by atoms with van der Waals surface area (Å²) in [7, 11) is 0. The molecule has 0 aliphatic carbocycles. The molecule has 3 aromatic heterocycles. The van der Waals surface area contributed by atoms with Crippen molar-refractivity contribution < 1.29 is 4.42 Å². The quantitative estimate of drug-likeness (QED) is 0.206. The van der Waals surface area contributed by atoms with Gasteiger partial charge in [0.25, 0.3) is 0 Å². The smallest absolute Gasteiger partial charge is 0.161 e. The number of fused-ring (bicyclic) bond motifs is 8. The maximum Gasteiger partial charge on any atom is 0.161 e. The van der Waals surface area contributed by atoms with E-state index in [9.17, 15) is 0 Å². The van der Waals surface area contributed by atoms with E-state index in [0.29, 0.717) is 16.4 Å². The molecule has 5 heteroatoms. The van der Waals surface area contributed by atoms with Gasteiger partial charge in [-0.2, -0.15) is 0 Å². The second-order valence-corrected chi connectivity index (χ2v) is 12.1. The van der Waals surface area contributed by atoms with Crippen molar-refractivity contribution in [2.45, 2.75) is 0 Å². The zero-order valence-electron chi connectivity index (χ0n) is 22.7. The summed E-state index contributed by atoms with van der Waals surface area (Å²) in [5.41, 5.74) is 7.70. The number of hydrogen-bond acceptors (Lipinski definition) is 4. The highest BCUT2D eigenvalue weighted by molar-refractivity contribution is 7.26. The predicted molar refractivity (Wildman–Crippen MR) is 181 cm³/mol. The van der Waals surface area contributed by atoms with Crippen molar-refractivity contribution in [3.05, 3.63) is 132 Å². The molecule has 0 radical (unpaired) electrons. The first-order valence-electron chi connectivity index (χ1n) is 14.1. The number of hydrogen-bond donors (Lipinski definition) is 0. The Morgan fingerprint density at radius 3 is 2.09 bits per heavy atom. The normalized spacial score (nSPS) is 11.8. The van der Waals surface area contributed by atoms with Crippen LogP contribution in [0.3, 0.4) is 0 Å². The van der Waals surface area contributed by atoms with Crippen molar-refractivity contribution in [3.8, 4) is 33.8 Å². The van der Waals surface area contributed by atoms with Crippen LogP contribution in [0.4, 0.5) is 0 Å². The van der Waals surface area contributed by atoms with E-state index in [0.717, 1.165) is 59.6 Å². The second kappa shape index (κ2) is 9.50. The van der Waals surface area contributed by atoms with E-state index in [-0.39, 0.29) is 0 Å². The number of furan rings is 1. The predicted octanol–water partition coefficient (Wildman–Crippen LogP) is 11.6. The molecule has 0 atom stereocenters. The van der Waals surface area contributed by atoms with Crippen LogP contribution in [0, 0.1) is 0 Å². The van der Waals surface area contributed by atoms with Crippen molar-refractivity contribution in [2.24, 2.45) is 0 Å². The van der Waals surface area contributed by atoms with Gasteiger partial charge in [0.1, 0.15) is 5.58 Å². The van der Waals surface area contributed by atoms with E-state index in [1.54, 1.807) is 11.3 Å². The molecule has 0 saturated heterocycles. The van der Waals surface area contributed by atoms with E-state index in [2.05, 4.69) is 109 Å². The zero-order valence-corrected chi connectivity index (χ0v) is 24.3. The molecule has 0 fully saturated rings. The Morgan fingerprint density at radius 2 is 1.26 bits per heavy atom. The number of halogens is 1. The SMILES string of the molecule is Clc1cccc2c1oc1cc(-c3nc(-c4ccc(-c5ccccc5)cc4)c4sc5ccccc5c4n3)c3ccccc3c12. The van der Waals surface area contributed by atoms with Crippen molar-refractivity contribution >= 4 is 76.0 Å². The van der Waals surface area contributed by atoms with Gasteiger partial charge in [-0.1, -0.05) is 121 Å². The molecule has 9 rings (SSSR count). The first-order chi connectivity index (χ1) is 21.2. The Morgan fingerprint density at radius 1 is 0.581 bits per heavy atom. The molecular weight excluding hydrogens is 568 g/mol. The van der Waals surface area contributed by atoms with Gasteiger partial charge in [0, 0.05) is 32.0 Å². The summed E-state index contributed by atoms with van der Waals surface area (Å²) in [4.78, 5) is 10.5. The Labute approximate surface area is 255 Å². The van der Waals surface area contributed by atoms with Crippen LogP contribution in [0.5, 0.6) is 0 Å². The number of benzene rings is 6. The Kier molecular flexibility index (Phi) is 5.42. The van der Waals surface area contributed by atoms with Gasteiger partial charge in [-0.25, -0.2) is 9.97 Å². The Hall–Kier alpha value is -5.03. The molecular formula is C38H21ClN2OS. The maximum atomic E-state index is 6.57. The van der Waals surface area contributed by atoms with E-state index < -0.39 is 0 Å². The minimum Gasteiger partial charge on any atom is -0.454 e. The lowest BCUT2D eigenvalue weighted by Crippen LogP contribution is -1.95. The van der Waals surface area contributed by atoms with Crippen LogP contribution < -0.4 is 0 Å². The summed E-state index contributed by atoms with van der Waals surface area (Å²) in [6.07, 6.45) is 0. The van der Waals surface area contributed by atoms with Crippen LogP contribution in [-0.2, 0) is 0 Å². The number of nitrogens with zero attached hydrogens (tertiary/aromatic N) is 2.